The second kappa shape index (κ2) is 8.69. The molecule has 0 unspecified atom stereocenters. The number of hydrogen-bond acceptors (Lipinski definition) is 5. The van der Waals surface area contributed by atoms with E-state index in [1.807, 2.05) is 0 Å². The highest BCUT2D eigenvalue weighted by molar-refractivity contribution is 6.32. The minimum Gasteiger partial charge on any atom is -0.495 e. The number of carbonyl (C=O) groups excluding carboxylic acids is 1. The molecule has 0 radical (unpaired) electrons. The zero-order valence-corrected chi connectivity index (χ0v) is 15.5. The van der Waals surface area contributed by atoms with Crippen molar-refractivity contribution in [3.63, 3.8) is 0 Å². The zero-order valence-electron chi connectivity index (χ0n) is 14.0. The quantitative estimate of drug-likeness (QED) is 0.752. The van der Waals surface area contributed by atoms with Crippen LogP contribution in [0.4, 0.5) is 11.4 Å². The second-order valence-corrected chi connectivity index (χ2v) is 5.78. The van der Waals surface area contributed by atoms with Gasteiger partial charge in [0.1, 0.15) is 17.2 Å². The molecule has 134 valence electrons. The maximum Gasteiger partial charge on any atom is 0.243 e. The summed E-state index contributed by atoms with van der Waals surface area (Å²) in [5, 5.41) is 6.61. The number of ether oxygens (including phenoxy) is 3. The van der Waals surface area contributed by atoms with Gasteiger partial charge in [-0.3, -0.25) is 4.79 Å². The predicted molar refractivity (Wildman–Crippen MR) is 99.7 cm³/mol. The normalized spacial score (nSPS) is 10.1. The maximum absolute atomic E-state index is 12.2. The van der Waals surface area contributed by atoms with E-state index in [1.165, 1.54) is 14.2 Å². The third kappa shape index (κ3) is 4.84. The number of anilines is 2. The van der Waals surface area contributed by atoms with Crippen LogP contribution in [0.25, 0.3) is 0 Å². The molecule has 0 fully saturated rings. The maximum atomic E-state index is 12.2. The fourth-order valence-corrected chi connectivity index (χ4v) is 2.56. The van der Waals surface area contributed by atoms with Gasteiger partial charge in [-0.05, 0) is 24.3 Å². The van der Waals surface area contributed by atoms with Gasteiger partial charge in [0, 0.05) is 11.1 Å². The molecule has 25 heavy (non-hydrogen) atoms. The van der Waals surface area contributed by atoms with Gasteiger partial charge in [-0.15, -0.1) is 0 Å². The first kappa shape index (κ1) is 19.0. The Balaban J connectivity index is 2.08. The first-order valence-electron chi connectivity index (χ1n) is 7.27. The number of methoxy groups -OCH3 is 3. The summed E-state index contributed by atoms with van der Waals surface area (Å²) in [6, 6.07) is 8.27. The Kier molecular flexibility index (Phi) is 6.61. The van der Waals surface area contributed by atoms with Crippen molar-refractivity contribution in [3.05, 3.63) is 40.4 Å². The van der Waals surface area contributed by atoms with Gasteiger partial charge < -0.3 is 24.8 Å². The van der Waals surface area contributed by atoms with E-state index in [0.717, 1.165) is 0 Å². The highest BCUT2D eigenvalue weighted by Gasteiger charge is 2.13. The SMILES string of the molecule is COc1cc(OC)c(NC(=O)CNc2cc(Cl)ccc2OC)cc1Cl. The van der Waals surface area contributed by atoms with Crippen LogP contribution >= 0.6 is 23.2 Å². The standard InChI is InChI=1S/C17H18Cl2N2O4/c1-23-14-5-4-10(18)6-12(14)20-9-17(22)21-13-7-11(19)15(24-2)8-16(13)25-3/h4-8,20H,9H2,1-3H3,(H,21,22). The largest absolute Gasteiger partial charge is 0.495 e. The fourth-order valence-electron chi connectivity index (χ4n) is 2.15. The molecule has 2 rings (SSSR count). The van der Waals surface area contributed by atoms with E-state index < -0.39 is 0 Å². The van der Waals surface area contributed by atoms with Gasteiger partial charge in [-0.1, -0.05) is 23.2 Å². The van der Waals surface area contributed by atoms with Gasteiger partial charge in [0.15, 0.2) is 0 Å². The van der Waals surface area contributed by atoms with Gasteiger partial charge in [0.2, 0.25) is 5.91 Å². The molecular weight excluding hydrogens is 367 g/mol. The number of nitrogens with one attached hydrogen (secondary N) is 2. The Morgan fingerprint density at radius 1 is 0.920 bits per heavy atom. The summed E-state index contributed by atoms with van der Waals surface area (Å²) in [7, 11) is 4.54. The van der Waals surface area contributed by atoms with Crippen molar-refractivity contribution in [1.82, 2.24) is 0 Å². The Morgan fingerprint density at radius 3 is 2.24 bits per heavy atom. The molecule has 0 heterocycles. The van der Waals surface area contributed by atoms with Crippen molar-refractivity contribution >= 4 is 40.5 Å². The monoisotopic (exact) mass is 384 g/mol. The van der Waals surface area contributed by atoms with Gasteiger partial charge in [-0.25, -0.2) is 0 Å². The first-order valence-corrected chi connectivity index (χ1v) is 8.02. The lowest BCUT2D eigenvalue weighted by molar-refractivity contribution is -0.114. The van der Waals surface area contributed by atoms with Crippen molar-refractivity contribution in [2.75, 3.05) is 38.5 Å². The van der Waals surface area contributed by atoms with Crippen LogP contribution in [0.2, 0.25) is 10.0 Å². The van der Waals surface area contributed by atoms with Gasteiger partial charge in [0.05, 0.1) is 44.3 Å². The summed E-state index contributed by atoms with van der Waals surface area (Å²) in [6.45, 7) is 0.00348. The van der Waals surface area contributed by atoms with Gasteiger partial charge in [0.25, 0.3) is 0 Å². The fraction of sp³-hybridized carbons (Fsp3) is 0.235. The van der Waals surface area contributed by atoms with Crippen molar-refractivity contribution in [2.45, 2.75) is 0 Å². The highest BCUT2D eigenvalue weighted by Crippen LogP contribution is 2.36. The van der Waals surface area contributed by atoms with Crippen LogP contribution in [0, 0.1) is 0 Å². The molecule has 0 spiro atoms. The first-order chi connectivity index (χ1) is 12.0. The molecular formula is C17H18Cl2N2O4. The van der Waals surface area contributed by atoms with Crippen LogP contribution in [-0.2, 0) is 4.79 Å². The van der Waals surface area contributed by atoms with E-state index in [4.69, 9.17) is 37.4 Å². The van der Waals surface area contributed by atoms with Crippen LogP contribution in [0.5, 0.6) is 17.2 Å². The lowest BCUT2D eigenvalue weighted by Gasteiger charge is -2.14. The third-order valence-electron chi connectivity index (χ3n) is 3.35. The Bertz CT molecular complexity index is 769. The van der Waals surface area contributed by atoms with Crippen LogP contribution in [-0.4, -0.2) is 33.8 Å². The van der Waals surface area contributed by atoms with Crippen LogP contribution in [0.15, 0.2) is 30.3 Å². The smallest absolute Gasteiger partial charge is 0.243 e. The Morgan fingerprint density at radius 2 is 1.60 bits per heavy atom. The Labute approximate surface area is 156 Å². The molecule has 0 saturated carbocycles. The van der Waals surface area contributed by atoms with E-state index in [0.29, 0.717) is 38.7 Å². The molecule has 0 saturated heterocycles. The molecule has 0 aliphatic rings. The lowest BCUT2D eigenvalue weighted by atomic mass is 10.2. The van der Waals surface area contributed by atoms with Crippen LogP contribution < -0.4 is 24.8 Å². The summed E-state index contributed by atoms with van der Waals surface area (Å²) in [5.74, 6) is 1.19. The van der Waals surface area contributed by atoms with E-state index in [9.17, 15) is 4.79 Å². The number of rotatable bonds is 7. The van der Waals surface area contributed by atoms with Crippen molar-refractivity contribution in [3.8, 4) is 17.2 Å². The minimum absolute atomic E-state index is 0.00348. The van der Waals surface area contributed by atoms with E-state index in [-0.39, 0.29) is 12.5 Å². The van der Waals surface area contributed by atoms with Crippen LogP contribution in [0.3, 0.4) is 0 Å². The predicted octanol–water partition coefficient (Wildman–Crippen LogP) is 4.07. The number of halogens is 2. The summed E-state index contributed by atoms with van der Waals surface area (Å²) in [6.07, 6.45) is 0. The molecule has 2 N–H and O–H groups in total. The average molecular weight is 385 g/mol. The highest BCUT2D eigenvalue weighted by atomic mass is 35.5. The minimum atomic E-state index is -0.290. The molecule has 0 aliphatic heterocycles. The van der Waals surface area contributed by atoms with Gasteiger partial charge in [-0.2, -0.15) is 0 Å². The van der Waals surface area contributed by atoms with Crippen molar-refractivity contribution < 1.29 is 19.0 Å². The summed E-state index contributed by atoms with van der Waals surface area (Å²) in [5.41, 5.74) is 1.06. The topological polar surface area (TPSA) is 68.8 Å². The summed E-state index contributed by atoms with van der Waals surface area (Å²) < 4.78 is 15.6. The number of benzene rings is 2. The molecule has 0 aliphatic carbocycles. The van der Waals surface area contributed by atoms with Gasteiger partial charge >= 0.3 is 0 Å². The molecule has 2 aromatic rings. The second-order valence-electron chi connectivity index (χ2n) is 4.93. The van der Waals surface area contributed by atoms with E-state index in [2.05, 4.69) is 10.6 Å². The summed E-state index contributed by atoms with van der Waals surface area (Å²) >= 11 is 12.1. The average Bonchev–Trinajstić information content (AvgIpc) is 2.60. The number of hydrogen-bond donors (Lipinski definition) is 2. The lowest BCUT2D eigenvalue weighted by Crippen LogP contribution is -2.22. The van der Waals surface area contributed by atoms with E-state index >= 15 is 0 Å². The molecule has 6 nitrogen and oxygen atoms in total. The third-order valence-corrected chi connectivity index (χ3v) is 3.88. The van der Waals surface area contributed by atoms with Crippen LogP contribution in [0.1, 0.15) is 0 Å². The molecule has 2 aromatic carbocycles. The van der Waals surface area contributed by atoms with E-state index in [1.54, 1.807) is 37.4 Å². The molecule has 1 amide bonds. The molecule has 0 aromatic heterocycles. The zero-order chi connectivity index (χ0) is 18.4. The number of amides is 1. The molecule has 0 bridgehead atoms. The molecule has 0 atom stereocenters. The number of carbonyl (C=O) groups is 1. The Hall–Kier alpha value is -2.31. The summed E-state index contributed by atoms with van der Waals surface area (Å²) in [4.78, 5) is 12.2. The van der Waals surface area contributed by atoms with Crippen molar-refractivity contribution in [2.24, 2.45) is 0 Å². The molecule has 8 heteroatoms. The van der Waals surface area contributed by atoms with Crippen molar-refractivity contribution in [1.29, 1.82) is 0 Å².